The van der Waals surface area contributed by atoms with Gasteiger partial charge in [0.2, 0.25) is 0 Å². The highest BCUT2D eigenvalue weighted by molar-refractivity contribution is 6.18. The van der Waals surface area contributed by atoms with Gasteiger partial charge in [0.1, 0.15) is 6.04 Å². The molecule has 0 fully saturated rings. The van der Waals surface area contributed by atoms with Crippen molar-refractivity contribution < 1.29 is 14.7 Å². The topological polar surface area (TPSA) is 66.4 Å². The predicted octanol–water partition coefficient (Wildman–Crippen LogP) is 4.73. The molecule has 4 nitrogen and oxygen atoms in total. The second-order valence-electron chi connectivity index (χ2n) is 7.25. The molecular weight excluding hydrogens is 362 g/mol. The van der Waals surface area contributed by atoms with Crippen LogP contribution in [0.4, 0.5) is 0 Å². The number of aryl methyl sites for hydroxylation is 1. The van der Waals surface area contributed by atoms with Gasteiger partial charge in [-0.3, -0.25) is 4.79 Å². The minimum atomic E-state index is -1.05. The SMILES string of the molecule is Cc1cccc(C[C@@H](NC(=O)c2c3ccccc3cc3ccccc23)C(=O)O)c1. The lowest BCUT2D eigenvalue weighted by Gasteiger charge is -2.17. The van der Waals surface area contributed by atoms with E-state index >= 15 is 0 Å². The fourth-order valence-electron chi connectivity index (χ4n) is 3.76. The maximum absolute atomic E-state index is 13.3. The predicted molar refractivity (Wildman–Crippen MR) is 115 cm³/mol. The summed E-state index contributed by atoms with van der Waals surface area (Å²) >= 11 is 0. The number of carboxylic acid groups (broad SMARTS) is 1. The zero-order valence-corrected chi connectivity index (χ0v) is 16.1. The van der Waals surface area contributed by atoms with Crippen LogP contribution in [0.1, 0.15) is 21.5 Å². The molecule has 2 N–H and O–H groups in total. The fourth-order valence-corrected chi connectivity index (χ4v) is 3.76. The van der Waals surface area contributed by atoms with Crippen LogP contribution in [0.3, 0.4) is 0 Å². The van der Waals surface area contributed by atoms with Gasteiger partial charge in [-0.2, -0.15) is 0 Å². The van der Waals surface area contributed by atoms with Crippen LogP contribution >= 0.6 is 0 Å². The highest BCUT2D eigenvalue weighted by atomic mass is 16.4. The number of nitrogens with one attached hydrogen (secondary N) is 1. The summed E-state index contributed by atoms with van der Waals surface area (Å²) in [6, 6.07) is 24.0. The van der Waals surface area contributed by atoms with E-state index in [1.54, 1.807) is 0 Å². The third kappa shape index (κ3) is 3.83. The van der Waals surface area contributed by atoms with Gasteiger partial charge < -0.3 is 10.4 Å². The van der Waals surface area contributed by atoms with Crippen molar-refractivity contribution >= 4 is 33.4 Å². The number of amides is 1. The lowest BCUT2D eigenvalue weighted by atomic mass is 9.95. The molecule has 0 aliphatic heterocycles. The molecule has 0 spiro atoms. The molecule has 0 aliphatic rings. The molecular formula is C25H21NO3. The zero-order valence-electron chi connectivity index (χ0n) is 16.1. The number of aliphatic carboxylic acids is 1. The van der Waals surface area contributed by atoms with Crippen LogP contribution < -0.4 is 5.32 Å². The normalized spacial score (nSPS) is 12.0. The van der Waals surface area contributed by atoms with Crippen molar-refractivity contribution in [2.24, 2.45) is 0 Å². The first kappa shape index (κ1) is 18.7. The van der Waals surface area contributed by atoms with Crippen molar-refractivity contribution in [2.75, 3.05) is 0 Å². The molecule has 4 heteroatoms. The summed E-state index contributed by atoms with van der Waals surface area (Å²) in [4.78, 5) is 25.1. The number of rotatable bonds is 5. The summed E-state index contributed by atoms with van der Waals surface area (Å²) in [6.07, 6.45) is 0.228. The van der Waals surface area contributed by atoms with Crippen LogP contribution in [0.25, 0.3) is 21.5 Å². The van der Waals surface area contributed by atoms with Gasteiger partial charge in [-0.25, -0.2) is 4.79 Å². The van der Waals surface area contributed by atoms with E-state index in [0.29, 0.717) is 5.56 Å². The van der Waals surface area contributed by atoms with Crippen molar-refractivity contribution in [3.8, 4) is 0 Å². The number of benzene rings is 4. The van der Waals surface area contributed by atoms with Crippen LogP contribution in [-0.4, -0.2) is 23.0 Å². The Bertz CT molecular complexity index is 1180. The second-order valence-corrected chi connectivity index (χ2v) is 7.25. The Morgan fingerprint density at radius 3 is 2.07 bits per heavy atom. The lowest BCUT2D eigenvalue weighted by molar-refractivity contribution is -0.139. The number of hydrogen-bond acceptors (Lipinski definition) is 2. The van der Waals surface area contributed by atoms with Crippen molar-refractivity contribution in [3.05, 3.63) is 95.6 Å². The molecule has 0 bridgehead atoms. The Kier molecular flexibility index (Phi) is 5.00. The Hall–Kier alpha value is -3.66. The summed E-state index contributed by atoms with van der Waals surface area (Å²) in [7, 11) is 0. The summed E-state index contributed by atoms with van der Waals surface area (Å²) < 4.78 is 0. The van der Waals surface area contributed by atoms with Crippen molar-refractivity contribution in [2.45, 2.75) is 19.4 Å². The van der Waals surface area contributed by atoms with Crippen LogP contribution in [-0.2, 0) is 11.2 Å². The second kappa shape index (κ2) is 7.76. The Labute approximate surface area is 168 Å². The van der Waals surface area contributed by atoms with Gasteiger partial charge >= 0.3 is 5.97 Å². The lowest BCUT2D eigenvalue weighted by Crippen LogP contribution is -2.42. The number of hydrogen-bond donors (Lipinski definition) is 2. The van der Waals surface area contributed by atoms with E-state index in [4.69, 9.17) is 0 Å². The average Bonchev–Trinajstić information content (AvgIpc) is 2.71. The highest BCUT2D eigenvalue weighted by Gasteiger charge is 2.23. The van der Waals surface area contributed by atoms with Crippen LogP contribution in [0.15, 0.2) is 78.9 Å². The molecule has 1 amide bonds. The molecule has 29 heavy (non-hydrogen) atoms. The summed E-state index contributed by atoms with van der Waals surface area (Å²) in [5.74, 6) is -1.43. The van der Waals surface area contributed by atoms with Crippen LogP contribution in [0.2, 0.25) is 0 Å². The van der Waals surface area contributed by atoms with Gasteiger partial charge in [-0.15, -0.1) is 0 Å². The summed E-state index contributed by atoms with van der Waals surface area (Å²) in [5, 5.41) is 16.0. The number of carbonyl (C=O) groups excluding carboxylic acids is 1. The maximum atomic E-state index is 13.3. The van der Waals surface area contributed by atoms with Gasteiger partial charge in [0.25, 0.3) is 5.91 Å². The molecule has 0 aromatic heterocycles. The molecule has 0 heterocycles. The quantitative estimate of drug-likeness (QED) is 0.490. The van der Waals surface area contributed by atoms with Gasteiger partial charge in [0, 0.05) is 6.42 Å². The van der Waals surface area contributed by atoms with Gasteiger partial charge in [-0.05, 0) is 40.1 Å². The van der Waals surface area contributed by atoms with E-state index < -0.39 is 12.0 Å². The van der Waals surface area contributed by atoms with Crippen molar-refractivity contribution in [3.63, 3.8) is 0 Å². The first-order valence-electron chi connectivity index (χ1n) is 9.52. The molecule has 0 radical (unpaired) electrons. The molecule has 4 aromatic carbocycles. The maximum Gasteiger partial charge on any atom is 0.326 e. The molecule has 1 atom stereocenters. The number of carbonyl (C=O) groups is 2. The monoisotopic (exact) mass is 383 g/mol. The highest BCUT2D eigenvalue weighted by Crippen LogP contribution is 2.28. The van der Waals surface area contributed by atoms with Gasteiger partial charge in [0.15, 0.2) is 0 Å². The number of carboxylic acids is 1. The van der Waals surface area contributed by atoms with E-state index in [-0.39, 0.29) is 12.3 Å². The molecule has 0 saturated carbocycles. The van der Waals surface area contributed by atoms with E-state index in [9.17, 15) is 14.7 Å². The van der Waals surface area contributed by atoms with Gasteiger partial charge in [0.05, 0.1) is 5.56 Å². The average molecular weight is 383 g/mol. The minimum Gasteiger partial charge on any atom is -0.480 e. The first-order chi connectivity index (χ1) is 14.0. The molecule has 4 rings (SSSR count). The summed E-state index contributed by atoms with van der Waals surface area (Å²) in [5.41, 5.74) is 2.44. The fraction of sp³-hybridized carbons (Fsp3) is 0.120. The van der Waals surface area contributed by atoms with Gasteiger partial charge in [-0.1, -0.05) is 78.4 Å². The smallest absolute Gasteiger partial charge is 0.326 e. The Morgan fingerprint density at radius 2 is 1.48 bits per heavy atom. The standard InChI is InChI=1S/C25H21NO3/c1-16-7-6-8-17(13-16)14-22(25(28)29)26-24(27)23-20-11-4-2-9-18(20)15-19-10-3-5-12-21(19)23/h2-13,15,22H,14H2,1H3,(H,26,27)(H,28,29)/t22-/m1/s1. The molecule has 0 saturated heterocycles. The van der Waals surface area contributed by atoms with E-state index in [2.05, 4.69) is 5.32 Å². The largest absolute Gasteiger partial charge is 0.480 e. The molecule has 0 aliphatic carbocycles. The number of fused-ring (bicyclic) bond motifs is 2. The van der Waals surface area contributed by atoms with E-state index in [1.165, 1.54) is 0 Å². The van der Waals surface area contributed by atoms with E-state index in [0.717, 1.165) is 32.7 Å². The summed E-state index contributed by atoms with van der Waals surface area (Å²) in [6.45, 7) is 1.96. The van der Waals surface area contributed by atoms with E-state index in [1.807, 2.05) is 85.8 Å². The Balaban J connectivity index is 1.74. The van der Waals surface area contributed by atoms with Crippen molar-refractivity contribution in [1.82, 2.24) is 5.32 Å². The Morgan fingerprint density at radius 1 is 0.862 bits per heavy atom. The third-order valence-corrected chi connectivity index (χ3v) is 5.12. The van der Waals surface area contributed by atoms with Crippen LogP contribution in [0.5, 0.6) is 0 Å². The molecule has 144 valence electrons. The molecule has 0 unspecified atom stereocenters. The molecule has 4 aromatic rings. The zero-order chi connectivity index (χ0) is 20.4. The van der Waals surface area contributed by atoms with Crippen molar-refractivity contribution in [1.29, 1.82) is 0 Å². The third-order valence-electron chi connectivity index (χ3n) is 5.12. The van der Waals surface area contributed by atoms with Crippen LogP contribution in [0, 0.1) is 6.92 Å². The minimum absolute atomic E-state index is 0.228. The first-order valence-corrected chi connectivity index (χ1v) is 9.52.